The predicted molar refractivity (Wildman–Crippen MR) is 80.8 cm³/mol. The van der Waals surface area contributed by atoms with Crippen LogP contribution in [0.3, 0.4) is 0 Å². The number of piperidine rings is 1. The lowest BCUT2D eigenvalue weighted by atomic mass is 9.97. The van der Waals surface area contributed by atoms with Gasteiger partial charge in [-0.2, -0.15) is 0 Å². The number of rotatable bonds is 3. The summed E-state index contributed by atoms with van der Waals surface area (Å²) >= 11 is 3.41. The van der Waals surface area contributed by atoms with Crippen LogP contribution < -0.4 is 5.32 Å². The molecule has 2 rings (SSSR count). The first-order valence-corrected chi connectivity index (χ1v) is 7.68. The number of nitrogens with one attached hydrogen (secondary N) is 1. The molecule has 1 N–H and O–H groups in total. The van der Waals surface area contributed by atoms with Crippen LogP contribution in [0.5, 0.6) is 0 Å². The molecule has 1 aliphatic rings. The zero-order valence-corrected chi connectivity index (χ0v) is 13.4. The summed E-state index contributed by atoms with van der Waals surface area (Å²) in [4.78, 5) is 2.38. The highest BCUT2D eigenvalue weighted by Gasteiger charge is 2.24. The molecular weight excluding hydrogens is 307 g/mol. The molecule has 1 aliphatic heterocycles. The van der Waals surface area contributed by atoms with Crippen molar-refractivity contribution in [2.75, 3.05) is 13.6 Å². The van der Waals surface area contributed by atoms with E-state index in [0.717, 1.165) is 29.4 Å². The van der Waals surface area contributed by atoms with Crippen LogP contribution in [0.4, 0.5) is 4.39 Å². The molecule has 106 valence electrons. The molecular formula is C15H22BrFN2. The standard InChI is InChI=1S/C15H22BrFN2/c1-10-8-13(6-7-19(10)3)18-11(2)14-9-12(16)4-5-15(14)17/h4-5,9-11,13,18H,6-8H2,1-3H3. The number of hydrogen-bond acceptors (Lipinski definition) is 2. The van der Waals surface area contributed by atoms with E-state index >= 15 is 0 Å². The maximum atomic E-state index is 13.8. The van der Waals surface area contributed by atoms with Crippen molar-refractivity contribution in [1.82, 2.24) is 10.2 Å². The maximum absolute atomic E-state index is 13.8. The van der Waals surface area contributed by atoms with E-state index < -0.39 is 0 Å². The molecule has 3 unspecified atom stereocenters. The molecule has 4 heteroatoms. The fourth-order valence-corrected chi connectivity index (χ4v) is 3.11. The second kappa shape index (κ2) is 6.33. The van der Waals surface area contributed by atoms with Crippen molar-refractivity contribution < 1.29 is 4.39 Å². The van der Waals surface area contributed by atoms with E-state index in [-0.39, 0.29) is 11.9 Å². The van der Waals surface area contributed by atoms with Crippen LogP contribution in [0, 0.1) is 5.82 Å². The minimum absolute atomic E-state index is 0.0399. The Balaban J connectivity index is 2.01. The second-order valence-corrected chi connectivity index (χ2v) is 6.52. The highest BCUT2D eigenvalue weighted by atomic mass is 79.9. The van der Waals surface area contributed by atoms with Gasteiger partial charge >= 0.3 is 0 Å². The van der Waals surface area contributed by atoms with Crippen LogP contribution in [-0.4, -0.2) is 30.6 Å². The van der Waals surface area contributed by atoms with Gasteiger partial charge in [0.05, 0.1) is 0 Å². The third-order valence-corrected chi connectivity index (χ3v) is 4.61. The summed E-state index contributed by atoms with van der Waals surface area (Å²) in [6.45, 7) is 5.39. The Kier molecular flexibility index (Phi) is 4.98. The van der Waals surface area contributed by atoms with Gasteiger partial charge in [0.1, 0.15) is 5.82 Å². The van der Waals surface area contributed by atoms with E-state index in [4.69, 9.17) is 0 Å². The molecule has 0 spiro atoms. The molecule has 0 radical (unpaired) electrons. The fraction of sp³-hybridized carbons (Fsp3) is 0.600. The Hall–Kier alpha value is -0.450. The van der Waals surface area contributed by atoms with Gasteiger partial charge in [-0.3, -0.25) is 0 Å². The summed E-state index contributed by atoms with van der Waals surface area (Å²) in [6, 6.07) is 6.23. The van der Waals surface area contributed by atoms with Crippen LogP contribution in [-0.2, 0) is 0 Å². The van der Waals surface area contributed by atoms with Gasteiger partial charge in [-0.1, -0.05) is 15.9 Å². The van der Waals surface area contributed by atoms with Crippen molar-refractivity contribution >= 4 is 15.9 Å². The number of benzene rings is 1. The molecule has 3 atom stereocenters. The second-order valence-electron chi connectivity index (χ2n) is 5.61. The van der Waals surface area contributed by atoms with Gasteiger partial charge < -0.3 is 10.2 Å². The average Bonchev–Trinajstić information content (AvgIpc) is 2.36. The molecule has 1 fully saturated rings. The summed E-state index contributed by atoms with van der Waals surface area (Å²) < 4.78 is 14.8. The molecule has 1 aromatic carbocycles. The first-order valence-electron chi connectivity index (χ1n) is 6.88. The fourth-order valence-electron chi connectivity index (χ4n) is 2.73. The number of hydrogen-bond donors (Lipinski definition) is 1. The van der Waals surface area contributed by atoms with Gasteiger partial charge in [0.2, 0.25) is 0 Å². The molecule has 0 saturated carbocycles. The monoisotopic (exact) mass is 328 g/mol. The molecule has 0 amide bonds. The quantitative estimate of drug-likeness (QED) is 0.909. The van der Waals surface area contributed by atoms with Gasteiger partial charge in [0, 0.05) is 28.2 Å². The van der Waals surface area contributed by atoms with E-state index in [1.807, 2.05) is 13.0 Å². The lowest BCUT2D eigenvalue weighted by Gasteiger charge is -2.36. The van der Waals surface area contributed by atoms with Gasteiger partial charge in [-0.25, -0.2) is 4.39 Å². The van der Waals surface area contributed by atoms with Crippen LogP contribution in [0.2, 0.25) is 0 Å². The Morgan fingerprint density at radius 2 is 2.21 bits per heavy atom. The summed E-state index contributed by atoms with van der Waals surface area (Å²) in [7, 11) is 2.16. The van der Waals surface area contributed by atoms with E-state index in [2.05, 4.69) is 40.1 Å². The zero-order chi connectivity index (χ0) is 14.0. The number of likely N-dealkylation sites (tertiary alicyclic amines) is 1. The van der Waals surface area contributed by atoms with Crippen LogP contribution >= 0.6 is 15.9 Å². The normalized spacial score (nSPS) is 26.4. The minimum Gasteiger partial charge on any atom is -0.307 e. The molecule has 0 aromatic heterocycles. The van der Waals surface area contributed by atoms with E-state index in [9.17, 15) is 4.39 Å². The smallest absolute Gasteiger partial charge is 0.128 e. The van der Waals surface area contributed by atoms with Crippen molar-refractivity contribution in [2.45, 2.75) is 44.8 Å². The third-order valence-electron chi connectivity index (χ3n) is 4.12. The summed E-state index contributed by atoms with van der Waals surface area (Å²) in [5.41, 5.74) is 0.737. The van der Waals surface area contributed by atoms with Crippen molar-refractivity contribution in [3.05, 3.63) is 34.1 Å². The molecule has 19 heavy (non-hydrogen) atoms. The minimum atomic E-state index is -0.135. The largest absolute Gasteiger partial charge is 0.307 e. The van der Waals surface area contributed by atoms with Gasteiger partial charge in [0.25, 0.3) is 0 Å². The van der Waals surface area contributed by atoms with E-state index in [0.29, 0.717) is 12.1 Å². The van der Waals surface area contributed by atoms with Crippen LogP contribution in [0.1, 0.15) is 38.3 Å². The van der Waals surface area contributed by atoms with E-state index in [1.165, 1.54) is 6.07 Å². The summed E-state index contributed by atoms with van der Waals surface area (Å²) in [6.07, 6.45) is 2.25. The Bertz CT molecular complexity index is 438. The maximum Gasteiger partial charge on any atom is 0.128 e. The Morgan fingerprint density at radius 1 is 1.47 bits per heavy atom. The van der Waals surface area contributed by atoms with E-state index in [1.54, 1.807) is 6.07 Å². The predicted octanol–water partition coefficient (Wildman–Crippen LogP) is 3.72. The van der Waals surface area contributed by atoms with Gasteiger partial charge in [-0.15, -0.1) is 0 Å². The molecule has 1 heterocycles. The molecule has 0 bridgehead atoms. The van der Waals surface area contributed by atoms with Gasteiger partial charge in [-0.05, 0) is 58.5 Å². The first-order chi connectivity index (χ1) is 8.97. The molecule has 1 saturated heterocycles. The lowest BCUT2D eigenvalue weighted by Crippen LogP contribution is -2.46. The summed E-state index contributed by atoms with van der Waals surface area (Å²) in [5, 5.41) is 3.57. The van der Waals surface area contributed by atoms with Crippen LogP contribution in [0.25, 0.3) is 0 Å². The topological polar surface area (TPSA) is 15.3 Å². The first kappa shape index (κ1) is 14.9. The van der Waals surface area contributed by atoms with Crippen molar-refractivity contribution in [1.29, 1.82) is 0 Å². The Labute approximate surface area is 123 Å². The number of halogens is 2. The Morgan fingerprint density at radius 3 is 2.89 bits per heavy atom. The van der Waals surface area contributed by atoms with Crippen molar-refractivity contribution in [3.63, 3.8) is 0 Å². The van der Waals surface area contributed by atoms with Crippen molar-refractivity contribution in [3.8, 4) is 0 Å². The molecule has 0 aliphatic carbocycles. The van der Waals surface area contributed by atoms with Gasteiger partial charge in [0.15, 0.2) is 0 Å². The molecule has 2 nitrogen and oxygen atoms in total. The highest BCUT2D eigenvalue weighted by molar-refractivity contribution is 9.10. The average molecular weight is 329 g/mol. The zero-order valence-electron chi connectivity index (χ0n) is 11.8. The van der Waals surface area contributed by atoms with Crippen molar-refractivity contribution in [2.24, 2.45) is 0 Å². The lowest BCUT2D eigenvalue weighted by molar-refractivity contribution is 0.163. The highest BCUT2D eigenvalue weighted by Crippen LogP contribution is 2.24. The summed E-state index contributed by atoms with van der Waals surface area (Å²) in [5.74, 6) is -0.135. The van der Waals surface area contributed by atoms with Crippen LogP contribution in [0.15, 0.2) is 22.7 Å². The molecule has 1 aromatic rings. The SMILES string of the molecule is CC(NC1CCN(C)C(C)C1)c1cc(Br)ccc1F. The third kappa shape index (κ3) is 3.77. The number of nitrogens with zero attached hydrogens (tertiary/aromatic N) is 1.